The Morgan fingerprint density at radius 2 is 2.25 bits per heavy atom. The quantitative estimate of drug-likeness (QED) is 0.822. The molecule has 0 bridgehead atoms. The topological polar surface area (TPSA) is 95.9 Å². The van der Waals surface area contributed by atoms with Crippen LogP contribution in [0.3, 0.4) is 0 Å². The number of nitrogens with two attached hydrogens (primary N) is 1. The molecule has 2 atom stereocenters. The molecule has 0 saturated carbocycles. The Hall–Kier alpha value is -1.96. The van der Waals surface area contributed by atoms with Crippen molar-refractivity contribution in [2.75, 3.05) is 24.9 Å². The summed E-state index contributed by atoms with van der Waals surface area (Å²) in [5, 5.41) is 11.7. The van der Waals surface area contributed by atoms with E-state index in [-0.39, 0.29) is 6.04 Å². The lowest BCUT2D eigenvalue weighted by Gasteiger charge is -2.13. The molecule has 1 aromatic heterocycles. The lowest BCUT2D eigenvalue weighted by molar-refractivity contribution is 0.415. The molecule has 0 aliphatic carbocycles. The van der Waals surface area contributed by atoms with Gasteiger partial charge in [-0.05, 0) is 29.5 Å². The maximum atomic E-state index is 11.4. The van der Waals surface area contributed by atoms with Crippen LogP contribution in [-0.4, -0.2) is 43.5 Å². The Kier molecular flexibility index (Phi) is 4.33. The van der Waals surface area contributed by atoms with Crippen LogP contribution >= 0.6 is 0 Å². The molecule has 2 N–H and O–H groups in total. The van der Waals surface area contributed by atoms with Crippen molar-refractivity contribution in [3.63, 3.8) is 0 Å². The van der Waals surface area contributed by atoms with Crippen LogP contribution in [0.4, 0.5) is 5.69 Å². The van der Waals surface area contributed by atoms with Crippen molar-refractivity contribution in [2.24, 2.45) is 0 Å². The first-order valence-corrected chi connectivity index (χ1v) is 7.77. The van der Waals surface area contributed by atoms with Crippen LogP contribution in [0.5, 0.6) is 5.75 Å². The second-order valence-corrected chi connectivity index (χ2v) is 5.98. The van der Waals surface area contributed by atoms with Crippen LogP contribution < -0.4 is 10.5 Å². The number of methoxy groups -OCH3 is 1. The van der Waals surface area contributed by atoms with Crippen molar-refractivity contribution < 1.29 is 8.95 Å². The third-order valence-electron chi connectivity index (χ3n) is 2.85. The minimum absolute atomic E-state index is 0.0758. The summed E-state index contributed by atoms with van der Waals surface area (Å²) in [6.45, 7) is 1.92. The van der Waals surface area contributed by atoms with Crippen LogP contribution in [0.2, 0.25) is 0 Å². The molecule has 2 rings (SSSR count). The molecule has 2 aromatic rings. The van der Waals surface area contributed by atoms with Gasteiger partial charge >= 0.3 is 0 Å². The summed E-state index contributed by atoms with van der Waals surface area (Å²) in [7, 11) is 0.643. The summed E-state index contributed by atoms with van der Waals surface area (Å²) in [4.78, 5) is 0. The summed E-state index contributed by atoms with van der Waals surface area (Å²) in [6.07, 6.45) is 1.66. The zero-order valence-electron chi connectivity index (χ0n) is 11.6. The molecule has 0 saturated heterocycles. The van der Waals surface area contributed by atoms with Gasteiger partial charge in [-0.3, -0.25) is 4.21 Å². The second kappa shape index (κ2) is 6.00. The molecule has 7 nitrogen and oxygen atoms in total. The van der Waals surface area contributed by atoms with E-state index in [1.165, 1.54) is 0 Å². The first-order chi connectivity index (χ1) is 9.52. The van der Waals surface area contributed by atoms with Gasteiger partial charge in [0.25, 0.3) is 0 Å². The summed E-state index contributed by atoms with van der Waals surface area (Å²) in [6, 6.07) is 5.22. The van der Waals surface area contributed by atoms with E-state index >= 15 is 0 Å². The summed E-state index contributed by atoms with van der Waals surface area (Å²) >= 11 is 0. The molecule has 0 spiro atoms. The number of ether oxygens (including phenoxy) is 1. The number of aromatic nitrogens is 4. The molecule has 8 heteroatoms. The molecule has 0 aliphatic rings. The molecule has 0 amide bonds. The van der Waals surface area contributed by atoms with Crippen molar-refractivity contribution in [3.05, 3.63) is 18.2 Å². The standard InChI is InChI=1S/C12H17N5O2S/c1-8(7-20(3)18)17-12(14-15-16-17)10-5-4-9(13)6-11(10)19-2/h4-6,8H,7,13H2,1-3H3. The fourth-order valence-corrected chi connectivity index (χ4v) is 2.79. The van der Waals surface area contributed by atoms with E-state index in [0.29, 0.717) is 23.0 Å². The summed E-state index contributed by atoms with van der Waals surface area (Å²) < 4.78 is 18.3. The molecule has 0 fully saturated rings. The Balaban J connectivity index is 2.44. The van der Waals surface area contributed by atoms with Crippen LogP contribution in [-0.2, 0) is 10.8 Å². The van der Waals surface area contributed by atoms with E-state index in [4.69, 9.17) is 10.5 Å². The Bertz CT molecular complexity index is 628. The van der Waals surface area contributed by atoms with E-state index in [1.54, 1.807) is 30.2 Å². The van der Waals surface area contributed by atoms with Crippen LogP contribution in [0.1, 0.15) is 13.0 Å². The number of rotatable bonds is 5. The first-order valence-electron chi connectivity index (χ1n) is 6.04. The van der Waals surface area contributed by atoms with Crippen molar-refractivity contribution in [2.45, 2.75) is 13.0 Å². The molecule has 0 aliphatic heterocycles. The van der Waals surface area contributed by atoms with Gasteiger partial charge in [0.15, 0.2) is 5.82 Å². The number of hydrogen-bond acceptors (Lipinski definition) is 6. The van der Waals surface area contributed by atoms with Crippen LogP contribution in [0.15, 0.2) is 18.2 Å². The van der Waals surface area contributed by atoms with E-state index in [9.17, 15) is 4.21 Å². The van der Waals surface area contributed by atoms with Crippen molar-refractivity contribution in [3.8, 4) is 17.1 Å². The van der Waals surface area contributed by atoms with E-state index in [2.05, 4.69) is 15.5 Å². The lowest BCUT2D eigenvalue weighted by Crippen LogP contribution is -2.15. The van der Waals surface area contributed by atoms with Crippen molar-refractivity contribution >= 4 is 16.5 Å². The minimum Gasteiger partial charge on any atom is -0.496 e. The lowest BCUT2D eigenvalue weighted by atomic mass is 10.1. The number of nitrogens with zero attached hydrogens (tertiary/aromatic N) is 4. The molecule has 0 radical (unpaired) electrons. The highest BCUT2D eigenvalue weighted by molar-refractivity contribution is 7.84. The van der Waals surface area contributed by atoms with Gasteiger partial charge in [-0.15, -0.1) is 5.10 Å². The average molecular weight is 295 g/mol. The Labute approximate surface area is 119 Å². The van der Waals surface area contributed by atoms with Gasteiger partial charge in [-0.2, -0.15) is 0 Å². The number of nitrogen functional groups attached to an aromatic ring is 1. The maximum absolute atomic E-state index is 11.4. The molecule has 108 valence electrons. The van der Waals surface area contributed by atoms with Gasteiger partial charge in [-0.1, -0.05) is 0 Å². The number of tetrazole rings is 1. The molecule has 1 aromatic carbocycles. The van der Waals surface area contributed by atoms with Gasteiger partial charge in [0.1, 0.15) is 5.75 Å². The van der Waals surface area contributed by atoms with Gasteiger partial charge < -0.3 is 10.5 Å². The summed E-state index contributed by atoms with van der Waals surface area (Å²) in [5.41, 5.74) is 7.10. The van der Waals surface area contributed by atoms with E-state index < -0.39 is 10.8 Å². The smallest absolute Gasteiger partial charge is 0.186 e. The Morgan fingerprint density at radius 1 is 1.50 bits per heavy atom. The second-order valence-electron chi connectivity index (χ2n) is 4.50. The molecular formula is C12H17N5O2S. The van der Waals surface area contributed by atoms with Gasteiger partial charge in [-0.25, -0.2) is 4.68 Å². The van der Waals surface area contributed by atoms with Crippen molar-refractivity contribution in [1.29, 1.82) is 0 Å². The number of benzene rings is 1. The van der Waals surface area contributed by atoms with E-state index in [1.807, 2.05) is 13.0 Å². The average Bonchev–Trinajstić information content (AvgIpc) is 2.86. The minimum atomic E-state index is -0.923. The third kappa shape index (κ3) is 2.96. The number of hydrogen-bond donors (Lipinski definition) is 1. The predicted molar refractivity (Wildman–Crippen MR) is 77.9 cm³/mol. The van der Waals surface area contributed by atoms with Gasteiger partial charge in [0.2, 0.25) is 0 Å². The molecule has 20 heavy (non-hydrogen) atoms. The van der Waals surface area contributed by atoms with E-state index in [0.717, 1.165) is 5.56 Å². The zero-order valence-corrected chi connectivity index (χ0v) is 12.4. The first kappa shape index (κ1) is 14.4. The fraction of sp³-hybridized carbons (Fsp3) is 0.417. The largest absolute Gasteiger partial charge is 0.496 e. The highest BCUT2D eigenvalue weighted by atomic mass is 32.2. The Morgan fingerprint density at radius 3 is 2.90 bits per heavy atom. The van der Waals surface area contributed by atoms with Crippen LogP contribution in [0, 0.1) is 0 Å². The monoisotopic (exact) mass is 295 g/mol. The third-order valence-corrected chi connectivity index (χ3v) is 3.80. The SMILES string of the molecule is COc1cc(N)ccc1-c1nnnn1C(C)CS(C)=O. The molecule has 2 unspecified atom stereocenters. The molecular weight excluding hydrogens is 278 g/mol. The highest BCUT2D eigenvalue weighted by Crippen LogP contribution is 2.31. The normalized spacial score (nSPS) is 13.9. The number of anilines is 1. The summed E-state index contributed by atoms with van der Waals surface area (Å²) in [5.74, 6) is 1.65. The van der Waals surface area contributed by atoms with Gasteiger partial charge in [0, 0.05) is 34.6 Å². The molecule has 1 heterocycles. The maximum Gasteiger partial charge on any atom is 0.186 e. The highest BCUT2D eigenvalue weighted by Gasteiger charge is 2.18. The fourth-order valence-electron chi connectivity index (χ4n) is 1.97. The zero-order chi connectivity index (χ0) is 14.7. The predicted octanol–water partition coefficient (Wildman–Crippen LogP) is 0.870. The van der Waals surface area contributed by atoms with Gasteiger partial charge in [0.05, 0.1) is 18.7 Å². The van der Waals surface area contributed by atoms with Crippen LogP contribution in [0.25, 0.3) is 11.4 Å². The van der Waals surface area contributed by atoms with Crippen molar-refractivity contribution in [1.82, 2.24) is 20.2 Å².